The van der Waals surface area contributed by atoms with Crippen LogP contribution in [0.15, 0.2) is 28.3 Å². The predicted octanol–water partition coefficient (Wildman–Crippen LogP) is 4.42. The quantitative estimate of drug-likeness (QED) is 0.520. The number of benzene rings is 1. The van der Waals surface area contributed by atoms with E-state index in [1.807, 2.05) is 20.8 Å². The van der Waals surface area contributed by atoms with E-state index < -0.39 is 5.97 Å². The third-order valence-corrected chi connectivity index (χ3v) is 4.14. The molecule has 25 heavy (non-hydrogen) atoms. The smallest absolute Gasteiger partial charge is 0.342 e. The van der Waals surface area contributed by atoms with E-state index in [4.69, 9.17) is 16.3 Å². The first kappa shape index (κ1) is 19.3. The number of ether oxygens (including phenoxy) is 1. The van der Waals surface area contributed by atoms with Gasteiger partial charge in [-0.3, -0.25) is 5.10 Å². The summed E-state index contributed by atoms with van der Waals surface area (Å²) in [5.74, 6) is 0.240. The van der Waals surface area contributed by atoms with Crippen LogP contribution in [0.2, 0.25) is 5.02 Å². The topological polar surface area (TPSA) is 88.1 Å². The molecule has 134 valence electrons. The van der Waals surface area contributed by atoms with E-state index in [0.29, 0.717) is 21.5 Å². The summed E-state index contributed by atoms with van der Waals surface area (Å²) in [5.41, 5.74) is 0.593. The number of carboxylic acid groups (broad SMARTS) is 1. The van der Waals surface area contributed by atoms with E-state index >= 15 is 0 Å². The third kappa shape index (κ3) is 5.79. The molecular weight excluding hydrogens is 362 g/mol. The highest BCUT2D eigenvalue weighted by Crippen LogP contribution is 2.31. The zero-order chi connectivity index (χ0) is 18.4. The van der Waals surface area contributed by atoms with Crippen molar-refractivity contribution in [3.8, 4) is 5.75 Å². The Morgan fingerprint density at radius 2 is 2.24 bits per heavy atom. The van der Waals surface area contributed by atoms with Gasteiger partial charge in [-0.1, -0.05) is 18.5 Å². The summed E-state index contributed by atoms with van der Waals surface area (Å²) in [5, 5.41) is 17.3. The van der Waals surface area contributed by atoms with E-state index in [9.17, 15) is 9.90 Å². The van der Waals surface area contributed by atoms with Gasteiger partial charge in [0.1, 0.15) is 16.5 Å². The number of carboxylic acids is 1. The Morgan fingerprint density at radius 1 is 1.48 bits per heavy atom. The lowest BCUT2D eigenvalue weighted by Crippen LogP contribution is -2.07. The van der Waals surface area contributed by atoms with Crippen molar-refractivity contribution in [2.45, 2.75) is 44.9 Å². The summed E-state index contributed by atoms with van der Waals surface area (Å²) in [6.45, 7) is 5.84. The van der Waals surface area contributed by atoms with Gasteiger partial charge in [-0.2, -0.15) is 0 Å². The van der Waals surface area contributed by atoms with E-state index in [1.165, 1.54) is 6.08 Å². The maximum atomic E-state index is 11.6. The molecule has 0 bridgehead atoms. The van der Waals surface area contributed by atoms with Crippen LogP contribution in [-0.2, 0) is 11.2 Å². The lowest BCUT2D eigenvalue weighted by atomic mass is 10.2. The molecule has 0 aliphatic heterocycles. The molecule has 0 amide bonds. The number of aromatic nitrogens is 3. The number of hydrogen-bond donors (Lipinski definition) is 2. The first-order chi connectivity index (χ1) is 11.9. The van der Waals surface area contributed by atoms with Crippen molar-refractivity contribution >= 4 is 35.4 Å². The van der Waals surface area contributed by atoms with Crippen LogP contribution in [0.1, 0.15) is 38.6 Å². The third-order valence-electron chi connectivity index (χ3n) is 3.03. The second-order valence-electron chi connectivity index (χ2n) is 5.58. The number of aryl methyl sites for hydroxylation is 1. The van der Waals surface area contributed by atoms with E-state index in [2.05, 4.69) is 15.2 Å². The molecule has 1 aromatic heterocycles. The monoisotopic (exact) mass is 381 g/mol. The number of H-pyrrole nitrogens is 1. The standard InChI is InChI=1S/C17H20ClN3O3S/c1-4-5-15-19-17(21-20-15)25-14(16(22)23)9-11-8-12(18)6-7-13(11)24-10(2)3/h6-10H,4-5H2,1-3H3,(H,22,23)(H,19,20,21)/b14-9-. The van der Waals surface area contributed by atoms with Gasteiger partial charge in [0.05, 0.1) is 6.10 Å². The number of rotatable bonds is 8. The second kappa shape index (κ2) is 8.92. The molecule has 8 heteroatoms. The minimum Gasteiger partial charge on any atom is -0.490 e. The summed E-state index contributed by atoms with van der Waals surface area (Å²) in [6, 6.07) is 5.10. The molecule has 0 unspecified atom stereocenters. The number of nitrogens with one attached hydrogen (secondary N) is 1. The van der Waals surface area contributed by atoms with Crippen LogP contribution in [0.4, 0.5) is 0 Å². The summed E-state index contributed by atoms with van der Waals surface area (Å²) in [6.07, 6.45) is 3.17. The van der Waals surface area contributed by atoms with Crippen molar-refractivity contribution in [2.75, 3.05) is 0 Å². The average Bonchev–Trinajstić information content (AvgIpc) is 2.96. The van der Waals surface area contributed by atoms with Crippen LogP contribution >= 0.6 is 23.4 Å². The maximum absolute atomic E-state index is 11.6. The van der Waals surface area contributed by atoms with Gasteiger partial charge in [0, 0.05) is 17.0 Å². The minimum atomic E-state index is -1.07. The van der Waals surface area contributed by atoms with Gasteiger partial charge in [-0.25, -0.2) is 9.78 Å². The molecule has 0 aliphatic carbocycles. The Labute approximate surface area is 155 Å². The number of nitrogens with zero attached hydrogens (tertiary/aromatic N) is 2. The fraction of sp³-hybridized carbons (Fsp3) is 0.353. The van der Waals surface area contributed by atoms with Crippen LogP contribution in [0.5, 0.6) is 5.75 Å². The zero-order valence-electron chi connectivity index (χ0n) is 14.2. The van der Waals surface area contributed by atoms with Crippen molar-refractivity contribution in [3.63, 3.8) is 0 Å². The molecule has 0 aliphatic rings. The first-order valence-corrected chi connectivity index (χ1v) is 9.08. The summed E-state index contributed by atoms with van der Waals surface area (Å²) < 4.78 is 5.72. The van der Waals surface area contributed by atoms with Gasteiger partial charge in [-0.15, -0.1) is 5.10 Å². The molecule has 1 heterocycles. The van der Waals surface area contributed by atoms with E-state index in [0.717, 1.165) is 30.4 Å². The average molecular weight is 382 g/mol. The largest absolute Gasteiger partial charge is 0.490 e. The molecule has 0 fully saturated rings. The van der Waals surface area contributed by atoms with Crippen molar-refractivity contribution in [2.24, 2.45) is 0 Å². The molecule has 0 atom stereocenters. The zero-order valence-corrected chi connectivity index (χ0v) is 15.8. The van der Waals surface area contributed by atoms with Gasteiger partial charge in [0.2, 0.25) is 5.16 Å². The van der Waals surface area contributed by atoms with Crippen LogP contribution in [0.3, 0.4) is 0 Å². The number of halogens is 1. The molecule has 2 N–H and O–H groups in total. The molecule has 2 aromatic rings. The maximum Gasteiger partial charge on any atom is 0.342 e. The van der Waals surface area contributed by atoms with Crippen LogP contribution in [-0.4, -0.2) is 32.4 Å². The Morgan fingerprint density at radius 3 is 2.88 bits per heavy atom. The number of carbonyl (C=O) groups is 1. The lowest BCUT2D eigenvalue weighted by molar-refractivity contribution is -0.131. The van der Waals surface area contributed by atoms with Crippen molar-refractivity contribution in [1.82, 2.24) is 15.2 Å². The number of aliphatic carboxylic acids is 1. The molecule has 0 saturated heterocycles. The van der Waals surface area contributed by atoms with Crippen molar-refractivity contribution < 1.29 is 14.6 Å². The lowest BCUT2D eigenvalue weighted by Gasteiger charge is -2.13. The fourth-order valence-electron chi connectivity index (χ4n) is 2.04. The molecular formula is C17H20ClN3O3S. The normalized spacial score (nSPS) is 11.8. The molecule has 0 spiro atoms. The number of thioether (sulfide) groups is 1. The molecule has 6 nitrogen and oxygen atoms in total. The summed E-state index contributed by atoms with van der Waals surface area (Å²) in [7, 11) is 0. The first-order valence-electron chi connectivity index (χ1n) is 7.89. The fourth-order valence-corrected chi connectivity index (χ4v) is 2.94. The van der Waals surface area contributed by atoms with Crippen LogP contribution < -0.4 is 4.74 Å². The Balaban J connectivity index is 2.32. The summed E-state index contributed by atoms with van der Waals surface area (Å²) in [4.78, 5) is 16.0. The molecule has 0 radical (unpaired) electrons. The van der Waals surface area contributed by atoms with Crippen LogP contribution in [0, 0.1) is 0 Å². The Hall–Kier alpha value is -1.99. The van der Waals surface area contributed by atoms with Gasteiger partial charge in [-0.05, 0) is 56.3 Å². The highest BCUT2D eigenvalue weighted by atomic mass is 35.5. The molecule has 2 rings (SSSR count). The van der Waals surface area contributed by atoms with Gasteiger partial charge < -0.3 is 9.84 Å². The van der Waals surface area contributed by atoms with Crippen molar-refractivity contribution in [3.05, 3.63) is 39.5 Å². The van der Waals surface area contributed by atoms with Gasteiger partial charge in [0.15, 0.2) is 0 Å². The minimum absolute atomic E-state index is 0.0427. The van der Waals surface area contributed by atoms with E-state index in [1.54, 1.807) is 18.2 Å². The Kier molecular flexibility index (Phi) is 6.90. The van der Waals surface area contributed by atoms with Crippen LogP contribution in [0.25, 0.3) is 6.08 Å². The SMILES string of the molecule is CCCc1nc(S/C(=C\c2cc(Cl)ccc2OC(C)C)C(=O)O)n[nH]1. The van der Waals surface area contributed by atoms with Crippen molar-refractivity contribution in [1.29, 1.82) is 0 Å². The second-order valence-corrected chi connectivity index (χ2v) is 7.02. The Bertz CT molecular complexity index is 774. The summed E-state index contributed by atoms with van der Waals surface area (Å²) >= 11 is 7.03. The highest BCUT2D eigenvalue weighted by molar-refractivity contribution is 8.04. The predicted molar refractivity (Wildman–Crippen MR) is 99.1 cm³/mol. The highest BCUT2D eigenvalue weighted by Gasteiger charge is 2.15. The van der Waals surface area contributed by atoms with Gasteiger partial charge in [0.25, 0.3) is 0 Å². The number of aromatic amines is 1. The number of hydrogen-bond acceptors (Lipinski definition) is 5. The molecule has 0 saturated carbocycles. The van der Waals surface area contributed by atoms with Gasteiger partial charge >= 0.3 is 5.97 Å². The van der Waals surface area contributed by atoms with E-state index in [-0.39, 0.29) is 11.0 Å². The molecule has 1 aromatic carbocycles.